The van der Waals surface area contributed by atoms with Gasteiger partial charge >= 0.3 is 0 Å². The maximum atomic E-state index is 9.42. The molecule has 2 aromatic carbocycles. The lowest BCUT2D eigenvalue weighted by atomic mass is 10.2. The van der Waals surface area contributed by atoms with Gasteiger partial charge in [-0.25, -0.2) is 4.98 Å². The molecule has 0 bridgehead atoms. The van der Waals surface area contributed by atoms with E-state index in [0.717, 1.165) is 26.5 Å². The molecule has 84 valence electrons. The highest BCUT2D eigenvalue weighted by Crippen LogP contribution is 2.34. The van der Waals surface area contributed by atoms with E-state index >= 15 is 0 Å². The Morgan fingerprint density at radius 3 is 2.76 bits per heavy atom. The molecule has 3 nitrogen and oxygen atoms in total. The van der Waals surface area contributed by atoms with Crippen molar-refractivity contribution in [2.24, 2.45) is 0 Å². The Balaban J connectivity index is 2.22. The van der Waals surface area contributed by atoms with Crippen LogP contribution in [0.4, 0.5) is 5.69 Å². The fourth-order valence-corrected chi connectivity index (χ4v) is 2.77. The van der Waals surface area contributed by atoms with Crippen molar-refractivity contribution in [1.82, 2.24) is 4.98 Å². The Bertz CT molecular complexity index is 691. The van der Waals surface area contributed by atoms with Crippen LogP contribution in [0.5, 0.6) is 5.75 Å². The minimum absolute atomic E-state index is 0.258. The molecule has 3 N–H and O–H groups in total. The summed E-state index contributed by atoms with van der Waals surface area (Å²) in [7, 11) is 0. The Morgan fingerprint density at radius 1 is 1.12 bits per heavy atom. The lowest BCUT2D eigenvalue weighted by Gasteiger charge is -1.99. The zero-order valence-corrected chi connectivity index (χ0v) is 9.74. The van der Waals surface area contributed by atoms with Crippen molar-refractivity contribution in [1.29, 1.82) is 0 Å². The number of nitrogen functional groups attached to an aromatic ring is 1. The van der Waals surface area contributed by atoms with Gasteiger partial charge in [-0.1, -0.05) is 12.1 Å². The largest absolute Gasteiger partial charge is 0.508 e. The summed E-state index contributed by atoms with van der Waals surface area (Å²) in [5.74, 6) is 0.258. The second-order valence-electron chi connectivity index (χ2n) is 3.76. The maximum absolute atomic E-state index is 9.42. The van der Waals surface area contributed by atoms with Gasteiger partial charge in [0, 0.05) is 11.3 Å². The van der Waals surface area contributed by atoms with Crippen LogP contribution in [0, 0.1) is 0 Å². The monoisotopic (exact) mass is 242 g/mol. The van der Waals surface area contributed by atoms with E-state index in [1.807, 2.05) is 30.3 Å². The number of para-hydroxylation sites is 1. The summed E-state index contributed by atoms with van der Waals surface area (Å²) < 4.78 is 0.961. The number of nitrogens with two attached hydrogens (primary N) is 1. The lowest BCUT2D eigenvalue weighted by molar-refractivity contribution is 0.476. The molecule has 1 aromatic heterocycles. The highest BCUT2D eigenvalue weighted by Gasteiger charge is 2.08. The van der Waals surface area contributed by atoms with Gasteiger partial charge in [-0.05, 0) is 30.3 Å². The molecule has 0 radical (unpaired) electrons. The van der Waals surface area contributed by atoms with Crippen LogP contribution in [-0.4, -0.2) is 10.1 Å². The van der Waals surface area contributed by atoms with Crippen LogP contribution in [0.2, 0.25) is 0 Å². The first kappa shape index (κ1) is 10.1. The second-order valence-corrected chi connectivity index (χ2v) is 4.79. The Hall–Kier alpha value is -2.07. The molecule has 0 atom stereocenters. The van der Waals surface area contributed by atoms with Gasteiger partial charge in [0.15, 0.2) is 0 Å². The second kappa shape index (κ2) is 3.75. The van der Waals surface area contributed by atoms with E-state index in [2.05, 4.69) is 4.98 Å². The molecule has 17 heavy (non-hydrogen) atoms. The number of hydrogen-bond donors (Lipinski definition) is 2. The van der Waals surface area contributed by atoms with E-state index in [1.165, 1.54) is 11.3 Å². The molecule has 0 aliphatic carbocycles. The average Bonchev–Trinajstić information content (AvgIpc) is 2.72. The van der Waals surface area contributed by atoms with E-state index in [4.69, 9.17) is 5.73 Å². The number of aromatic hydroxyl groups is 1. The van der Waals surface area contributed by atoms with Gasteiger partial charge in [-0.15, -0.1) is 11.3 Å². The number of aromatic nitrogens is 1. The molecule has 0 spiro atoms. The third-order valence-corrected chi connectivity index (χ3v) is 3.61. The molecule has 0 aliphatic heterocycles. The van der Waals surface area contributed by atoms with Crippen LogP contribution in [0.1, 0.15) is 0 Å². The highest BCUT2D eigenvalue weighted by molar-refractivity contribution is 7.21. The normalized spacial score (nSPS) is 10.8. The minimum Gasteiger partial charge on any atom is -0.508 e. The van der Waals surface area contributed by atoms with Gasteiger partial charge in [-0.3, -0.25) is 0 Å². The Labute approximate surface area is 102 Å². The van der Waals surface area contributed by atoms with Gasteiger partial charge in [-0.2, -0.15) is 0 Å². The predicted molar refractivity (Wildman–Crippen MR) is 71.1 cm³/mol. The fraction of sp³-hybridized carbons (Fsp3) is 0. The number of fused-ring (bicyclic) bond motifs is 1. The third-order valence-electron chi connectivity index (χ3n) is 2.56. The molecule has 3 rings (SSSR count). The molecule has 3 aromatic rings. The first-order chi connectivity index (χ1) is 8.24. The SMILES string of the molecule is Nc1ccccc1-c1nc2ccc(O)cc2s1. The molecule has 0 aliphatic rings. The molecule has 1 heterocycles. The quantitative estimate of drug-likeness (QED) is 0.644. The fourth-order valence-electron chi connectivity index (χ4n) is 1.72. The standard InChI is InChI=1S/C13H10N2OS/c14-10-4-2-1-3-9(10)13-15-11-6-5-8(16)7-12(11)17-13/h1-7,16H,14H2. The van der Waals surface area contributed by atoms with Crippen molar-refractivity contribution in [3.63, 3.8) is 0 Å². The highest BCUT2D eigenvalue weighted by atomic mass is 32.1. The molecule has 0 unspecified atom stereocenters. The van der Waals surface area contributed by atoms with E-state index in [9.17, 15) is 5.11 Å². The zero-order valence-electron chi connectivity index (χ0n) is 8.92. The first-order valence-electron chi connectivity index (χ1n) is 5.18. The summed E-state index contributed by atoms with van der Waals surface area (Å²) in [6, 6.07) is 12.8. The minimum atomic E-state index is 0.258. The zero-order chi connectivity index (χ0) is 11.8. The number of nitrogens with zero attached hydrogens (tertiary/aromatic N) is 1. The summed E-state index contributed by atoms with van der Waals surface area (Å²) in [4.78, 5) is 4.51. The molecule has 0 amide bonds. The van der Waals surface area contributed by atoms with Crippen LogP contribution in [0.15, 0.2) is 42.5 Å². The summed E-state index contributed by atoms with van der Waals surface area (Å²) >= 11 is 1.53. The van der Waals surface area contributed by atoms with Gasteiger partial charge < -0.3 is 10.8 Å². The van der Waals surface area contributed by atoms with Crippen molar-refractivity contribution in [2.45, 2.75) is 0 Å². The maximum Gasteiger partial charge on any atom is 0.126 e. The lowest BCUT2D eigenvalue weighted by Crippen LogP contribution is -1.87. The number of phenols is 1. The van der Waals surface area contributed by atoms with E-state index in [-0.39, 0.29) is 5.75 Å². The van der Waals surface area contributed by atoms with E-state index < -0.39 is 0 Å². The van der Waals surface area contributed by atoms with E-state index in [0.29, 0.717) is 0 Å². The molecular weight excluding hydrogens is 232 g/mol. The number of anilines is 1. The van der Waals surface area contributed by atoms with Crippen LogP contribution in [0.25, 0.3) is 20.8 Å². The van der Waals surface area contributed by atoms with E-state index in [1.54, 1.807) is 12.1 Å². The Kier molecular flexibility index (Phi) is 2.23. The smallest absolute Gasteiger partial charge is 0.126 e. The van der Waals surface area contributed by atoms with Crippen LogP contribution < -0.4 is 5.73 Å². The number of thiazole rings is 1. The summed E-state index contributed by atoms with van der Waals surface area (Å²) in [6.07, 6.45) is 0. The van der Waals surface area contributed by atoms with Gasteiger partial charge in [0.05, 0.1) is 10.2 Å². The molecule has 0 saturated heterocycles. The number of hydrogen-bond acceptors (Lipinski definition) is 4. The first-order valence-corrected chi connectivity index (χ1v) is 6.00. The van der Waals surface area contributed by atoms with Crippen molar-refractivity contribution in [3.8, 4) is 16.3 Å². The average molecular weight is 242 g/mol. The van der Waals surface area contributed by atoms with Crippen molar-refractivity contribution < 1.29 is 5.11 Å². The topological polar surface area (TPSA) is 59.1 Å². The van der Waals surface area contributed by atoms with Crippen molar-refractivity contribution in [2.75, 3.05) is 5.73 Å². The van der Waals surface area contributed by atoms with Crippen molar-refractivity contribution >= 4 is 27.2 Å². The van der Waals surface area contributed by atoms with Crippen LogP contribution in [-0.2, 0) is 0 Å². The van der Waals surface area contributed by atoms with Gasteiger partial charge in [0.1, 0.15) is 10.8 Å². The summed E-state index contributed by atoms with van der Waals surface area (Å²) in [6.45, 7) is 0. The molecule has 0 saturated carbocycles. The van der Waals surface area contributed by atoms with Gasteiger partial charge in [0.2, 0.25) is 0 Å². The number of phenolic OH excluding ortho intramolecular Hbond substituents is 1. The molecule has 0 fully saturated rings. The Morgan fingerprint density at radius 2 is 1.94 bits per heavy atom. The van der Waals surface area contributed by atoms with Gasteiger partial charge in [0.25, 0.3) is 0 Å². The molecule has 4 heteroatoms. The molecular formula is C13H10N2OS. The van der Waals surface area contributed by atoms with Crippen molar-refractivity contribution in [3.05, 3.63) is 42.5 Å². The summed E-state index contributed by atoms with van der Waals surface area (Å²) in [5, 5.41) is 10.3. The van der Waals surface area contributed by atoms with Crippen LogP contribution >= 0.6 is 11.3 Å². The predicted octanol–water partition coefficient (Wildman–Crippen LogP) is 3.25. The van der Waals surface area contributed by atoms with Crippen LogP contribution in [0.3, 0.4) is 0 Å². The third kappa shape index (κ3) is 1.72. The number of benzene rings is 2. The summed E-state index contributed by atoms with van der Waals surface area (Å²) in [5.41, 5.74) is 8.46. The number of rotatable bonds is 1.